The summed E-state index contributed by atoms with van der Waals surface area (Å²) in [6, 6.07) is 5.73. The molecule has 0 radical (unpaired) electrons. The van der Waals surface area contributed by atoms with Gasteiger partial charge in [-0.15, -0.1) is 0 Å². The van der Waals surface area contributed by atoms with Crippen LogP contribution < -0.4 is 0 Å². The van der Waals surface area contributed by atoms with Crippen molar-refractivity contribution in [2.75, 3.05) is 19.6 Å². The Balaban J connectivity index is 2.15. The molecule has 1 aliphatic rings. The van der Waals surface area contributed by atoms with Gasteiger partial charge in [-0.05, 0) is 45.3 Å². The normalized spacial score (nSPS) is 17.2. The number of carboxylic acids is 1. The zero-order valence-corrected chi connectivity index (χ0v) is 13.5. The van der Waals surface area contributed by atoms with E-state index in [1.807, 2.05) is 32.0 Å². The molecule has 1 aromatic rings. The van der Waals surface area contributed by atoms with Crippen molar-refractivity contribution in [3.05, 3.63) is 34.9 Å². The first-order valence-corrected chi connectivity index (χ1v) is 8.03. The molecule has 1 unspecified atom stereocenters. The number of aliphatic carboxylic acids is 1. The number of piperidine rings is 1. The van der Waals surface area contributed by atoms with Gasteiger partial charge in [0.15, 0.2) is 5.78 Å². The summed E-state index contributed by atoms with van der Waals surface area (Å²) in [6.45, 7) is 6.40. The van der Waals surface area contributed by atoms with Crippen LogP contribution in [-0.4, -0.2) is 41.4 Å². The monoisotopic (exact) mass is 303 g/mol. The first-order valence-electron chi connectivity index (χ1n) is 8.03. The lowest BCUT2D eigenvalue weighted by Gasteiger charge is -2.29. The van der Waals surface area contributed by atoms with Crippen LogP contribution in [0.1, 0.15) is 47.2 Å². The van der Waals surface area contributed by atoms with Crippen LogP contribution in [0.5, 0.6) is 0 Å². The maximum Gasteiger partial charge on any atom is 0.304 e. The third kappa shape index (κ3) is 4.41. The molecule has 1 saturated heterocycles. The van der Waals surface area contributed by atoms with Crippen molar-refractivity contribution < 1.29 is 14.7 Å². The van der Waals surface area contributed by atoms with Crippen molar-refractivity contribution in [3.8, 4) is 0 Å². The molecule has 120 valence electrons. The number of likely N-dealkylation sites (tertiary alicyclic amines) is 1. The van der Waals surface area contributed by atoms with Gasteiger partial charge in [0.05, 0.1) is 6.42 Å². The van der Waals surface area contributed by atoms with E-state index in [-0.39, 0.29) is 12.2 Å². The predicted molar refractivity (Wildman–Crippen MR) is 86.3 cm³/mol. The highest BCUT2D eigenvalue weighted by Crippen LogP contribution is 2.20. The van der Waals surface area contributed by atoms with E-state index in [0.717, 1.165) is 37.1 Å². The molecule has 4 nitrogen and oxygen atoms in total. The molecule has 1 N–H and O–H groups in total. The van der Waals surface area contributed by atoms with Crippen LogP contribution in [0.2, 0.25) is 0 Å². The fourth-order valence-corrected chi connectivity index (χ4v) is 3.21. The van der Waals surface area contributed by atoms with E-state index in [2.05, 4.69) is 4.90 Å². The topological polar surface area (TPSA) is 57.6 Å². The largest absolute Gasteiger partial charge is 0.481 e. The van der Waals surface area contributed by atoms with Crippen molar-refractivity contribution in [3.63, 3.8) is 0 Å². The third-order valence-corrected chi connectivity index (χ3v) is 4.37. The van der Waals surface area contributed by atoms with Crippen LogP contribution in [-0.2, 0) is 4.79 Å². The van der Waals surface area contributed by atoms with Crippen molar-refractivity contribution in [2.45, 2.75) is 39.5 Å². The summed E-state index contributed by atoms with van der Waals surface area (Å²) < 4.78 is 0. The molecule has 22 heavy (non-hydrogen) atoms. The predicted octanol–water partition coefficient (Wildman–Crippen LogP) is 3.06. The molecule has 0 amide bonds. The van der Waals surface area contributed by atoms with Crippen LogP contribution in [0.4, 0.5) is 0 Å². The van der Waals surface area contributed by atoms with E-state index >= 15 is 0 Å². The summed E-state index contributed by atoms with van der Waals surface area (Å²) in [4.78, 5) is 26.2. The summed E-state index contributed by atoms with van der Waals surface area (Å²) >= 11 is 0. The average molecular weight is 303 g/mol. The first-order chi connectivity index (χ1) is 10.5. The Kier molecular flexibility index (Phi) is 5.72. The van der Waals surface area contributed by atoms with Gasteiger partial charge in [0.2, 0.25) is 0 Å². The van der Waals surface area contributed by atoms with Gasteiger partial charge in [0.1, 0.15) is 0 Å². The van der Waals surface area contributed by atoms with Gasteiger partial charge < -0.3 is 10.0 Å². The summed E-state index contributed by atoms with van der Waals surface area (Å²) in [5, 5.41) is 9.15. The molecule has 0 aliphatic carbocycles. The van der Waals surface area contributed by atoms with Crippen molar-refractivity contribution in [2.24, 2.45) is 5.92 Å². The maximum absolute atomic E-state index is 12.8. The average Bonchev–Trinajstić information content (AvgIpc) is 2.46. The van der Waals surface area contributed by atoms with Gasteiger partial charge in [-0.2, -0.15) is 0 Å². The molecule has 0 bridgehead atoms. The van der Waals surface area contributed by atoms with E-state index in [4.69, 9.17) is 5.11 Å². The Morgan fingerprint density at radius 3 is 2.45 bits per heavy atom. The fourth-order valence-electron chi connectivity index (χ4n) is 3.21. The fraction of sp³-hybridized carbons (Fsp3) is 0.556. The van der Waals surface area contributed by atoms with Gasteiger partial charge in [-0.1, -0.05) is 30.2 Å². The highest BCUT2D eigenvalue weighted by atomic mass is 16.4. The van der Waals surface area contributed by atoms with Crippen LogP contribution in [0, 0.1) is 19.8 Å². The lowest BCUT2D eigenvalue weighted by molar-refractivity contribution is -0.137. The SMILES string of the molecule is Cc1ccc(C(=O)C(CC(=O)O)CN2CCCCC2)c(C)c1. The number of carboxylic acid groups (broad SMARTS) is 1. The number of ketones is 1. The molecule has 1 atom stereocenters. The molecule has 4 heteroatoms. The number of carbonyl (C=O) groups is 2. The van der Waals surface area contributed by atoms with E-state index in [9.17, 15) is 9.59 Å². The molecule has 0 aromatic heterocycles. The second-order valence-electron chi connectivity index (χ2n) is 6.34. The Morgan fingerprint density at radius 1 is 1.18 bits per heavy atom. The standard InChI is InChI=1S/C18H25NO3/c1-13-6-7-16(14(2)10-13)18(22)15(11-17(20)21)12-19-8-4-3-5-9-19/h6-7,10,15H,3-5,8-9,11-12H2,1-2H3,(H,20,21). The zero-order valence-electron chi connectivity index (χ0n) is 13.5. The number of hydrogen-bond acceptors (Lipinski definition) is 3. The minimum Gasteiger partial charge on any atom is -0.481 e. The number of carbonyl (C=O) groups excluding carboxylic acids is 1. The molecule has 0 spiro atoms. The first kappa shape index (κ1) is 16.7. The van der Waals surface area contributed by atoms with Gasteiger partial charge in [-0.25, -0.2) is 0 Å². The summed E-state index contributed by atoms with van der Waals surface area (Å²) in [5.41, 5.74) is 2.70. The van der Waals surface area contributed by atoms with E-state index in [1.54, 1.807) is 0 Å². The third-order valence-electron chi connectivity index (χ3n) is 4.37. The number of Topliss-reactive ketones (excluding diaryl/α,β-unsaturated/α-hetero) is 1. The van der Waals surface area contributed by atoms with E-state index in [0.29, 0.717) is 12.1 Å². The quantitative estimate of drug-likeness (QED) is 0.821. The molecule has 1 heterocycles. The second-order valence-corrected chi connectivity index (χ2v) is 6.34. The van der Waals surface area contributed by atoms with E-state index in [1.165, 1.54) is 6.42 Å². The van der Waals surface area contributed by atoms with Gasteiger partial charge in [0, 0.05) is 18.0 Å². The minimum atomic E-state index is -0.903. The molecule has 1 aromatic carbocycles. The number of aryl methyl sites for hydroxylation is 2. The van der Waals surface area contributed by atoms with Crippen LogP contribution in [0.25, 0.3) is 0 Å². The van der Waals surface area contributed by atoms with Crippen LogP contribution >= 0.6 is 0 Å². The van der Waals surface area contributed by atoms with Gasteiger partial charge in [-0.3, -0.25) is 9.59 Å². The highest BCUT2D eigenvalue weighted by Gasteiger charge is 2.27. The summed E-state index contributed by atoms with van der Waals surface area (Å²) in [7, 11) is 0. The van der Waals surface area contributed by atoms with Crippen LogP contribution in [0.3, 0.4) is 0 Å². The molecule has 1 fully saturated rings. The maximum atomic E-state index is 12.8. The highest BCUT2D eigenvalue weighted by molar-refractivity contribution is 6.00. The molecular weight excluding hydrogens is 278 g/mol. The Bertz CT molecular complexity index is 547. The van der Waals surface area contributed by atoms with Crippen LogP contribution in [0.15, 0.2) is 18.2 Å². The van der Waals surface area contributed by atoms with Crippen molar-refractivity contribution in [1.82, 2.24) is 4.90 Å². The lowest BCUT2D eigenvalue weighted by Crippen LogP contribution is -2.37. The molecule has 2 rings (SSSR count). The lowest BCUT2D eigenvalue weighted by atomic mass is 9.90. The van der Waals surface area contributed by atoms with Gasteiger partial charge >= 0.3 is 5.97 Å². The summed E-state index contributed by atoms with van der Waals surface area (Å²) in [5.74, 6) is -1.40. The smallest absolute Gasteiger partial charge is 0.304 e. The molecular formula is C18H25NO3. The summed E-state index contributed by atoms with van der Waals surface area (Å²) in [6.07, 6.45) is 3.41. The second kappa shape index (κ2) is 7.54. The Morgan fingerprint density at radius 2 is 1.86 bits per heavy atom. The van der Waals surface area contributed by atoms with Crippen molar-refractivity contribution in [1.29, 1.82) is 0 Å². The zero-order chi connectivity index (χ0) is 16.1. The number of hydrogen-bond donors (Lipinski definition) is 1. The minimum absolute atomic E-state index is 0.0366. The van der Waals surface area contributed by atoms with E-state index < -0.39 is 11.9 Å². The number of benzene rings is 1. The Hall–Kier alpha value is -1.68. The molecule has 1 aliphatic heterocycles. The number of rotatable bonds is 6. The number of nitrogens with zero attached hydrogens (tertiary/aromatic N) is 1. The Labute approximate surface area is 132 Å². The molecule has 0 saturated carbocycles. The van der Waals surface area contributed by atoms with Crippen molar-refractivity contribution >= 4 is 11.8 Å². The van der Waals surface area contributed by atoms with Gasteiger partial charge in [0.25, 0.3) is 0 Å².